The maximum absolute atomic E-state index is 13.4. The number of amides is 2. The minimum atomic E-state index is -0.973. The van der Waals surface area contributed by atoms with Crippen LogP contribution in [0.5, 0.6) is 0 Å². The molecule has 2 N–H and O–H groups in total. The third kappa shape index (κ3) is 3.23. The minimum absolute atomic E-state index is 0.00162. The zero-order valence-corrected chi connectivity index (χ0v) is 20.5. The second-order valence-corrected chi connectivity index (χ2v) is 9.69. The number of piperidine rings is 1. The molecule has 3 atom stereocenters. The summed E-state index contributed by atoms with van der Waals surface area (Å²) in [6.45, 7) is 3.79. The van der Waals surface area contributed by atoms with Gasteiger partial charge in [-0.1, -0.05) is 53.7 Å². The standard InChI is InChI=1S/C26H24N8O3/c1-25-17(26(25,2)22(36)34(21(25)35)14-15-10-6-4-7-11-15)20-28-19(32-37-20)18-29-23(27)31-24(30-18)33(3)16-12-8-5-9-13-16/h4-13,17H,14H2,1-3H3,(H2,27,29,30,31)/t17?,25-,26+. The molecular weight excluding hydrogens is 472 g/mol. The van der Waals surface area contributed by atoms with Crippen molar-refractivity contribution < 1.29 is 14.1 Å². The molecule has 1 aliphatic carbocycles. The van der Waals surface area contributed by atoms with E-state index in [9.17, 15) is 9.59 Å². The molecule has 0 spiro atoms. The monoisotopic (exact) mass is 496 g/mol. The van der Waals surface area contributed by atoms with E-state index in [0.29, 0.717) is 5.95 Å². The number of imide groups is 1. The van der Waals surface area contributed by atoms with Gasteiger partial charge < -0.3 is 15.2 Å². The van der Waals surface area contributed by atoms with Gasteiger partial charge in [-0.2, -0.15) is 19.9 Å². The highest BCUT2D eigenvalue weighted by Crippen LogP contribution is 2.78. The molecule has 2 aromatic heterocycles. The van der Waals surface area contributed by atoms with E-state index in [1.54, 1.807) is 25.8 Å². The summed E-state index contributed by atoms with van der Waals surface area (Å²) in [4.78, 5) is 47.2. The van der Waals surface area contributed by atoms with E-state index in [0.717, 1.165) is 11.3 Å². The molecule has 2 amide bonds. The van der Waals surface area contributed by atoms with Crippen LogP contribution in [0.4, 0.5) is 17.6 Å². The number of benzene rings is 2. The molecule has 6 rings (SSSR count). The lowest BCUT2D eigenvalue weighted by molar-refractivity contribution is -0.144. The first kappa shape index (κ1) is 22.8. The number of likely N-dealkylation sites (tertiary alicyclic amines) is 1. The van der Waals surface area contributed by atoms with E-state index in [4.69, 9.17) is 10.3 Å². The van der Waals surface area contributed by atoms with Gasteiger partial charge in [0, 0.05) is 12.7 Å². The summed E-state index contributed by atoms with van der Waals surface area (Å²) >= 11 is 0. The van der Waals surface area contributed by atoms with Crippen molar-refractivity contribution in [3.05, 3.63) is 72.1 Å². The van der Waals surface area contributed by atoms with Gasteiger partial charge in [0.1, 0.15) is 0 Å². The lowest BCUT2D eigenvalue weighted by atomic mass is 10.00. The fourth-order valence-corrected chi connectivity index (χ4v) is 5.39. The van der Waals surface area contributed by atoms with E-state index in [-0.39, 0.29) is 41.8 Å². The normalized spacial score (nSPS) is 24.3. The van der Waals surface area contributed by atoms with Gasteiger partial charge in [0.05, 0.1) is 23.3 Å². The fourth-order valence-electron chi connectivity index (χ4n) is 5.39. The first-order chi connectivity index (χ1) is 17.7. The average molecular weight is 497 g/mol. The van der Waals surface area contributed by atoms with Crippen molar-refractivity contribution in [3.63, 3.8) is 0 Å². The Bertz CT molecular complexity index is 1500. The van der Waals surface area contributed by atoms with Crippen LogP contribution >= 0.6 is 0 Å². The Morgan fingerprint density at radius 2 is 1.51 bits per heavy atom. The average Bonchev–Trinajstić information content (AvgIpc) is 3.16. The van der Waals surface area contributed by atoms with Crippen LogP contribution in [0.2, 0.25) is 0 Å². The number of rotatable bonds is 6. The predicted molar refractivity (Wildman–Crippen MR) is 133 cm³/mol. The van der Waals surface area contributed by atoms with Crippen LogP contribution in [0.25, 0.3) is 11.6 Å². The molecule has 0 bridgehead atoms. The Kier molecular flexibility index (Phi) is 4.87. The quantitative estimate of drug-likeness (QED) is 0.396. The number of hydrogen-bond donors (Lipinski definition) is 1. The van der Waals surface area contributed by atoms with Crippen LogP contribution in [0.3, 0.4) is 0 Å². The number of carbonyl (C=O) groups excluding carboxylic acids is 2. The highest BCUT2D eigenvalue weighted by molar-refractivity contribution is 6.15. The third-order valence-electron chi connectivity index (χ3n) is 7.69. The van der Waals surface area contributed by atoms with Crippen molar-refractivity contribution >= 4 is 29.4 Å². The number of fused-ring (bicyclic) bond motifs is 1. The van der Waals surface area contributed by atoms with Gasteiger partial charge in [-0.25, -0.2) is 0 Å². The van der Waals surface area contributed by atoms with Crippen molar-refractivity contribution in [1.29, 1.82) is 0 Å². The smallest absolute Gasteiger partial charge is 0.240 e. The number of anilines is 3. The fraction of sp³-hybridized carbons (Fsp3) is 0.269. The SMILES string of the molecule is CN(c1ccccc1)c1nc(N)nc(-c2noc(C3[C@]4(C)C(=O)N(Cc5ccccc5)C(=O)[C@]34C)n2)n1. The third-order valence-corrected chi connectivity index (χ3v) is 7.69. The van der Waals surface area contributed by atoms with Gasteiger partial charge in [0.15, 0.2) is 0 Å². The summed E-state index contributed by atoms with van der Waals surface area (Å²) in [5, 5.41) is 4.04. The maximum atomic E-state index is 13.4. The van der Waals surface area contributed by atoms with E-state index >= 15 is 0 Å². The number of hydrogen-bond acceptors (Lipinski definition) is 10. The van der Waals surface area contributed by atoms with E-state index in [1.807, 2.05) is 60.7 Å². The molecule has 1 saturated heterocycles. The van der Waals surface area contributed by atoms with E-state index in [1.165, 1.54) is 4.90 Å². The highest BCUT2D eigenvalue weighted by Gasteiger charge is 2.87. The zero-order valence-electron chi connectivity index (χ0n) is 20.5. The largest absolute Gasteiger partial charge is 0.368 e. The summed E-state index contributed by atoms with van der Waals surface area (Å²) in [5.41, 5.74) is 5.75. The molecule has 11 nitrogen and oxygen atoms in total. The summed E-state index contributed by atoms with van der Waals surface area (Å²) in [6, 6.07) is 19.0. The molecule has 1 aliphatic heterocycles. The molecule has 2 fully saturated rings. The number of para-hydroxylation sites is 1. The Morgan fingerprint density at radius 1 is 0.892 bits per heavy atom. The van der Waals surface area contributed by atoms with Crippen molar-refractivity contribution in [1.82, 2.24) is 30.0 Å². The van der Waals surface area contributed by atoms with Crippen molar-refractivity contribution in [2.45, 2.75) is 26.3 Å². The summed E-state index contributed by atoms with van der Waals surface area (Å²) in [5.74, 6) is -0.302. The second kappa shape index (κ2) is 7.92. The molecule has 2 aromatic carbocycles. The second-order valence-electron chi connectivity index (χ2n) is 9.69. The first-order valence-corrected chi connectivity index (χ1v) is 11.8. The number of nitrogen functional groups attached to an aromatic ring is 1. The van der Waals surface area contributed by atoms with E-state index < -0.39 is 16.7 Å². The molecule has 37 heavy (non-hydrogen) atoms. The maximum Gasteiger partial charge on any atom is 0.240 e. The molecule has 1 saturated carbocycles. The molecule has 1 unspecified atom stereocenters. The van der Waals surface area contributed by atoms with Crippen molar-refractivity contribution in [3.8, 4) is 11.6 Å². The molecule has 11 heteroatoms. The van der Waals surface area contributed by atoms with Crippen LogP contribution in [-0.2, 0) is 16.1 Å². The van der Waals surface area contributed by atoms with Crippen LogP contribution in [-0.4, -0.2) is 48.9 Å². The van der Waals surface area contributed by atoms with Crippen LogP contribution < -0.4 is 10.6 Å². The van der Waals surface area contributed by atoms with Crippen LogP contribution in [0.15, 0.2) is 65.2 Å². The van der Waals surface area contributed by atoms with Gasteiger partial charge in [-0.15, -0.1) is 0 Å². The zero-order chi connectivity index (χ0) is 25.9. The van der Waals surface area contributed by atoms with Gasteiger partial charge in [0.2, 0.25) is 41.3 Å². The number of nitrogens with two attached hydrogens (primary N) is 1. The number of aromatic nitrogens is 5. The summed E-state index contributed by atoms with van der Waals surface area (Å²) < 4.78 is 5.55. The van der Waals surface area contributed by atoms with Gasteiger partial charge in [-0.3, -0.25) is 14.5 Å². The Morgan fingerprint density at radius 3 is 2.16 bits per heavy atom. The number of carbonyl (C=O) groups is 2. The molecule has 3 heterocycles. The lowest BCUT2D eigenvalue weighted by Gasteiger charge is -2.20. The van der Waals surface area contributed by atoms with Gasteiger partial charge in [0.25, 0.3) is 0 Å². The van der Waals surface area contributed by atoms with Crippen molar-refractivity contribution in [2.75, 3.05) is 17.7 Å². The van der Waals surface area contributed by atoms with Crippen molar-refractivity contribution in [2.24, 2.45) is 10.8 Å². The van der Waals surface area contributed by atoms with Gasteiger partial charge >= 0.3 is 0 Å². The number of nitrogens with zero attached hydrogens (tertiary/aromatic N) is 7. The Hall–Kier alpha value is -4.67. The predicted octanol–water partition coefficient (Wildman–Crippen LogP) is 2.95. The molecule has 4 aromatic rings. The topological polar surface area (TPSA) is 144 Å². The Balaban J connectivity index is 1.28. The Labute approximate surface area is 212 Å². The lowest BCUT2D eigenvalue weighted by Crippen LogP contribution is -2.36. The van der Waals surface area contributed by atoms with Gasteiger partial charge in [-0.05, 0) is 31.5 Å². The molecule has 0 radical (unpaired) electrons. The molecule has 2 aliphatic rings. The van der Waals surface area contributed by atoms with Crippen LogP contribution in [0, 0.1) is 10.8 Å². The minimum Gasteiger partial charge on any atom is -0.368 e. The van der Waals surface area contributed by atoms with Crippen LogP contribution in [0.1, 0.15) is 31.2 Å². The van der Waals surface area contributed by atoms with E-state index in [2.05, 4.69) is 25.1 Å². The molecule has 186 valence electrons. The summed E-state index contributed by atoms with van der Waals surface area (Å²) in [7, 11) is 1.81. The highest BCUT2D eigenvalue weighted by atomic mass is 16.5. The first-order valence-electron chi connectivity index (χ1n) is 11.8. The summed E-state index contributed by atoms with van der Waals surface area (Å²) in [6.07, 6.45) is 0. The molecular formula is C26H24N8O3.